The molecule has 0 atom stereocenters. The van der Waals surface area contributed by atoms with Gasteiger partial charge in [-0.1, -0.05) is 19.3 Å². The summed E-state index contributed by atoms with van der Waals surface area (Å²) in [4.78, 5) is 27.7. The highest BCUT2D eigenvalue weighted by atomic mass is 16.6. The Balaban J connectivity index is 1.79. The van der Waals surface area contributed by atoms with Crippen molar-refractivity contribution < 1.29 is 14.3 Å². The highest BCUT2D eigenvalue weighted by molar-refractivity contribution is 5.82. The summed E-state index contributed by atoms with van der Waals surface area (Å²) in [5.41, 5.74) is -0.0427. The summed E-state index contributed by atoms with van der Waals surface area (Å²) in [6, 6.07) is 0. The number of nitrogens with zero attached hydrogens (tertiary/aromatic N) is 2. The SMILES string of the molecule is CN(CC(=O)N1CCC2(CCCCC2)CC1)C(=O)OC(C)(C)C. The molecule has 2 aliphatic rings. The van der Waals surface area contributed by atoms with E-state index in [9.17, 15) is 9.59 Å². The first-order chi connectivity index (χ1) is 10.7. The van der Waals surface area contributed by atoms with Crippen LogP contribution in [-0.2, 0) is 9.53 Å². The van der Waals surface area contributed by atoms with Crippen molar-refractivity contribution in [2.45, 2.75) is 71.3 Å². The van der Waals surface area contributed by atoms with Crippen molar-refractivity contribution in [1.82, 2.24) is 9.80 Å². The number of likely N-dealkylation sites (tertiary alicyclic amines) is 1. The third kappa shape index (κ3) is 5.11. The second-order valence-corrected chi connectivity index (χ2v) is 8.28. The number of hydrogen-bond donors (Lipinski definition) is 0. The molecule has 1 heterocycles. The van der Waals surface area contributed by atoms with Crippen molar-refractivity contribution >= 4 is 12.0 Å². The van der Waals surface area contributed by atoms with Crippen LogP contribution in [0.4, 0.5) is 4.79 Å². The summed E-state index contributed by atoms with van der Waals surface area (Å²) in [7, 11) is 1.62. The van der Waals surface area contributed by atoms with Crippen LogP contribution < -0.4 is 0 Å². The number of amides is 2. The molecule has 0 unspecified atom stereocenters. The molecule has 1 aliphatic heterocycles. The van der Waals surface area contributed by atoms with E-state index in [0.717, 1.165) is 25.9 Å². The molecule has 5 nitrogen and oxygen atoms in total. The molecule has 2 amide bonds. The monoisotopic (exact) mass is 324 g/mol. The lowest BCUT2D eigenvalue weighted by Crippen LogP contribution is -2.48. The van der Waals surface area contributed by atoms with E-state index >= 15 is 0 Å². The van der Waals surface area contributed by atoms with Gasteiger partial charge in [-0.3, -0.25) is 4.79 Å². The zero-order valence-electron chi connectivity index (χ0n) is 15.2. The summed E-state index contributed by atoms with van der Waals surface area (Å²) < 4.78 is 5.29. The minimum absolute atomic E-state index is 0.0315. The first-order valence-electron chi connectivity index (χ1n) is 8.93. The Labute approximate surface area is 140 Å². The third-order valence-electron chi connectivity index (χ3n) is 5.17. The Kier molecular flexibility index (Phi) is 5.58. The van der Waals surface area contributed by atoms with Crippen molar-refractivity contribution in [3.05, 3.63) is 0 Å². The largest absolute Gasteiger partial charge is 0.444 e. The molecule has 132 valence electrons. The third-order valence-corrected chi connectivity index (χ3v) is 5.17. The van der Waals surface area contributed by atoms with Crippen LogP contribution in [0.3, 0.4) is 0 Å². The lowest BCUT2D eigenvalue weighted by Gasteiger charge is -2.44. The van der Waals surface area contributed by atoms with Crippen LogP contribution in [0.2, 0.25) is 0 Å². The molecule has 1 spiro atoms. The number of piperidine rings is 1. The quantitative estimate of drug-likeness (QED) is 0.782. The second-order valence-electron chi connectivity index (χ2n) is 8.28. The summed E-state index contributed by atoms with van der Waals surface area (Å²) >= 11 is 0. The van der Waals surface area contributed by atoms with E-state index in [-0.39, 0.29) is 12.5 Å². The Hall–Kier alpha value is -1.26. The molecular weight excluding hydrogens is 292 g/mol. The van der Waals surface area contributed by atoms with Crippen molar-refractivity contribution in [3.63, 3.8) is 0 Å². The Bertz CT molecular complexity index is 426. The Morgan fingerprint density at radius 2 is 1.61 bits per heavy atom. The molecule has 23 heavy (non-hydrogen) atoms. The number of likely N-dealkylation sites (N-methyl/N-ethyl adjacent to an activating group) is 1. The molecule has 0 radical (unpaired) electrons. The average Bonchev–Trinajstić information content (AvgIpc) is 2.47. The summed E-state index contributed by atoms with van der Waals surface area (Å²) in [6.07, 6.45) is 8.51. The van der Waals surface area contributed by atoms with Crippen molar-refractivity contribution in [2.75, 3.05) is 26.7 Å². The zero-order valence-corrected chi connectivity index (χ0v) is 15.2. The second kappa shape index (κ2) is 7.10. The van der Waals surface area contributed by atoms with Crippen molar-refractivity contribution in [2.24, 2.45) is 5.41 Å². The number of hydrogen-bond acceptors (Lipinski definition) is 3. The lowest BCUT2D eigenvalue weighted by molar-refractivity contribution is -0.134. The highest BCUT2D eigenvalue weighted by Crippen LogP contribution is 2.44. The fourth-order valence-electron chi connectivity index (χ4n) is 3.74. The van der Waals surface area contributed by atoms with E-state index in [4.69, 9.17) is 4.74 Å². The maximum Gasteiger partial charge on any atom is 0.410 e. The van der Waals surface area contributed by atoms with E-state index in [1.54, 1.807) is 7.05 Å². The molecule has 2 fully saturated rings. The van der Waals surface area contributed by atoms with Gasteiger partial charge in [-0.2, -0.15) is 0 Å². The Morgan fingerprint density at radius 1 is 1.04 bits per heavy atom. The van der Waals surface area contributed by atoms with Crippen molar-refractivity contribution in [3.8, 4) is 0 Å². The van der Waals surface area contributed by atoms with Crippen LogP contribution in [0.5, 0.6) is 0 Å². The fourth-order valence-corrected chi connectivity index (χ4v) is 3.74. The standard InChI is InChI=1S/C18H32N2O3/c1-17(2,3)23-16(22)19(4)14-15(21)20-12-10-18(11-13-20)8-6-5-7-9-18/h5-14H2,1-4H3. The van der Waals surface area contributed by atoms with Crippen LogP contribution in [0.15, 0.2) is 0 Å². The molecule has 0 N–H and O–H groups in total. The predicted octanol–water partition coefficient (Wildman–Crippen LogP) is 3.43. The first kappa shape index (κ1) is 18.1. The molecule has 1 aliphatic carbocycles. The number of ether oxygens (including phenoxy) is 1. The molecule has 0 aromatic carbocycles. The molecule has 1 saturated carbocycles. The van der Waals surface area contributed by atoms with Gasteiger partial charge in [0.25, 0.3) is 0 Å². The first-order valence-corrected chi connectivity index (χ1v) is 8.93. The minimum Gasteiger partial charge on any atom is -0.444 e. The number of carbonyl (C=O) groups is 2. The van der Waals surface area contributed by atoms with Crippen LogP contribution in [-0.4, -0.2) is 54.1 Å². The van der Waals surface area contributed by atoms with Crippen LogP contribution in [0.1, 0.15) is 65.7 Å². The molecule has 1 saturated heterocycles. The minimum atomic E-state index is -0.535. The molecule has 0 aromatic rings. The van der Waals surface area contributed by atoms with Gasteiger partial charge >= 0.3 is 6.09 Å². The number of carbonyl (C=O) groups excluding carboxylic acids is 2. The highest BCUT2D eigenvalue weighted by Gasteiger charge is 2.36. The van der Waals surface area contributed by atoms with Gasteiger partial charge < -0.3 is 14.5 Å². The van der Waals surface area contributed by atoms with Gasteiger partial charge in [-0.05, 0) is 51.9 Å². The predicted molar refractivity (Wildman–Crippen MR) is 90.2 cm³/mol. The lowest BCUT2D eigenvalue weighted by atomic mass is 9.68. The smallest absolute Gasteiger partial charge is 0.410 e. The zero-order chi connectivity index (χ0) is 17.1. The molecule has 5 heteroatoms. The topological polar surface area (TPSA) is 49.9 Å². The van der Waals surface area contributed by atoms with E-state index in [2.05, 4.69) is 0 Å². The van der Waals surface area contributed by atoms with Crippen molar-refractivity contribution in [1.29, 1.82) is 0 Å². The summed E-state index contributed by atoms with van der Waals surface area (Å²) in [6.45, 7) is 7.25. The van der Waals surface area contributed by atoms with Gasteiger partial charge in [-0.25, -0.2) is 4.79 Å². The fraction of sp³-hybridized carbons (Fsp3) is 0.889. The van der Waals surface area contributed by atoms with Gasteiger partial charge in [0.1, 0.15) is 12.1 Å². The maximum atomic E-state index is 12.4. The normalized spacial score (nSPS) is 21.1. The van der Waals surface area contributed by atoms with Gasteiger partial charge in [0.05, 0.1) is 0 Å². The number of rotatable bonds is 2. The Morgan fingerprint density at radius 3 is 2.13 bits per heavy atom. The maximum absolute atomic E-state index is 12.4. The average molecular weight is 324 g/mol. The van der Waals surface area contributed by atoms with E-state index < -0.39 is 11.7 Å². The van der Waals surface area contributed by atoms with E-state index in [1.165, 1.54) is 37.0 Å². The van der Waals surface area contributed by atoms with Crippen LogP contribution >= 0.6 is 0 Å². The van der Waals surface area contributed by atoms with E-state index in [1.807, 2.05) is 25.7 Å². The molecule has 0 bridgehead atoms. The molecule has 2 rings (SSSR count). The van der Waals surface area contributed by atoms with Gasteiger partial charge in [0.2, 0.25) is 5.91 Å². The van der Waals surface area contributed by atoms with Gasteiger partial charge in [0.15, 0.2) is 0 Å². The molecular formula is C18H32N2O3. The van der Waals surface area contributed by atoms with Gasteiger partial charge in [0, 0.05) is 20.1 Å². The van der Waals surface area contributed by atoms with Crippen LogP contribution in [0, 0.1) is 5.41 Å². The van der Waals surface area contributed by atoms with Crippen LogP contribution in [0.25, 0.3) is 0 Å². The molecule has 0 aromatic heterocycles. The van der Waals surface area contributed by atoms with Gasteiger partial charge in [-0.15, -0.1) is 0 Å². The summed E-state index contributed by atoms with van der Waals surface area (Å²) in [5.74, 6) is 0.0315. The van der Waals surface area contributed by atoms with E-state index in [0.29, 0.717) is 5.41 Å². The summed E-state index contributed by atoms with van der Waals surface area (Å²) in [5, 5.41) is 0.